The van der Waals surface area contributed by atoms with Crippen LogP contribution in [0.15, 0.2) is 0 Å². The Morgan fingerprint density at radius 3 is 2.06 bits per heavy atom. The predicted octanol–water partition coefficient (Wildman–Crippen LogP) is 1.78. The van der Waals surface area contributed by atoms with Crippen molar-refractivity contribution in [3.8, 4) is 0 Å². The molecule has 1 aliphatic heterocycles. The van der Waals surface area contributed by atoms with Crippen molar-refractivity contribution in [2.45, 2.75) is 40.0 Å². The Balaban J connectivity index is 2.22. The highest BCUT2D eigenvalue weighted by molar-refractivity contribution is 4.72. The highest BCUT2D eigenvalue weighted by Crippen LogP contribution is 2.19. The van der Waals surface area contributed by atoms with Crippen molar-refractivity contribution in [1.82, 2.24) is 9.80 Å². The van der Waals surface area contributed by atoms with Gasteiger partial charge in [0, 0.05) is 13.1 Å². The van der Waals surface area contributed by atoms with E-state index in [1.165, 1.54) is 52.1 Å². The van der Waals surface area contributed by atoms with E-state index >= 15 is 0 Å². The smallest absolute Gasteiger partial charge is 0.0109 e. The van der Waals surface area contributed by atoms with Gasteiger partial charge in [0.25, 0.3) is 0 Å². The van der Waals surface area contributed by atoms with Gasteiger partial charge in [-0.1, -0.05) is 20.8 Å². The van der Waals surface area contributed by atoms with E-state index in [9.17, 15) is 0 Å². The van der Waals surface area contributed by atoms with E-state index in [4.69, 9.17) is 5.73 Å². The summed E-state index contributed by atoms with van der Waals surface area (Å²) in [4.78, 5) is 5.21. The largest absolute Gasteiger partial charge is 0.330 e. The van der Waals surface area contributed by atoms with Crippen molar-refractivity contribution < 1.29 is 0 Å². The zero-order valence-electron chi connectivity index (χ0n) is 12.0. The lowest BCUT2D eigenvalue weighted by atomic mass is 9.92. The van der Waals surface area contributed by atoms with Gasteiger partial charge < -0.3 is 15.5 Å². The maximum Gasteiger partial charge on any atom is 0.0109 e. The number of nitrogens with two attached hydrogens (primary N) is 1. The first-order valence-corrected chi connectivity index (χ1v) is 7.16. The van der Waals surface area contributed by atoms with Crippen LogP contribution in [-0.2, 0) is 0 Å². The Morgan fingerprint density at radius 1 is 0.941 bits per heavy atom. The van der Waals surface area contributed by atoms with Gasteiger partial charge in [0.15, 0.2) is 0 Å². The van der Waals surface area contributed by atoms with Gasteiger partial charge in [-0.05, 0) is 57.4 Å². The molecule has 1 heterocycles. The minimum atomic E-state index is 0.464. The molecule has 0 aromatic heterocycles. The third kappa shape index (κ3) is 7.02. The first kappa shape index (κ1) is 14.9. The molecule has 1 saturated heterocycles. The summed E-state index contributed by atoms with van der Waals surface area (Å²) >= 11 is 0. The summed E-state index contributed by atoms with van der Waals surface area (Å²) in [5, 5.41) is 0. The van der Waals surface area contributed by atoms with Gasteiger partial charge >= 0.3 is 0 Å². The van der Waals surface area contributed by atoms with Crippen LogP contribution in [0.2, 0.25) is 0 Å². The summed E-state index contributed by atoms with van der Waals surface area (Å²) in [6, 6.07) is 0. The van der Waals surface area contributed by atoms with Crippen LogP contribution in [0.3, 0.4) is 0 Å². The highest BCUT2D eigenvalue weighted by atomic mass is 15.2. The second-order valence-corrected chi connectivity index (χ2v) is 6.49. The molecular weight excluding hydrogens is 210 g/mol. The van der Waals surface area contributed by atoms with E-state index in [0.29, 0.717) is 5.41 Å². The fraction of sp³-hybridized carbons (Fsp3) is 1.00. The lowest BCUT2D eigenvalue weighted by Crippen LogP contribution is -2.33. The Bertz CT molecular complexity index is 198. The molecule has 3 heteroatoms. The van der Waals surface area contributed by atoms with E-state index in [1.54, 1.807) is 0 Å². The molecule has 0 aromatic carbocycles. The quantitative estimate of drug-likeness (QED) is 0.796. The number of nitrogens with zero attached hydrogens (tertiary/aromatic N) is 2. The van der Waals surface area contributed by atoms with Gasteiger partial charge in [-0.15, -0.1) is 0 Å². The van der Waals surface area contributed by atoms with Crippen LogP contribution in [0, 0.1) is 5.41 Å². The highest BCUT2D eigenvalue weighted by Gasteiger charge is 2.17. The molecule has 0 radical (unpaired) electrons. The molecule has 0 aliphatic carbocycles. The number of hydrogen-bond acceptors (Lipinski definition) is 3. The maximum absolute atomic E-state index is 5.57. The minimum absolute atomic E-state index is 0.464. The Labute approximate surface area is 107 Å². The third-order valence-corrected chi connectivity index (χ3v) is 3.54. The lowest BCUT2D eigenvalue weighted by molar-refractivity contribution is 0.225. The Morgan fingerprint density at radius 2 is 1.53 bits per heavy atom. The fourth-order valence-corrected chi connectivity index (χ4v) is 2.28. The molecule has 1 aliphatic rings. The van der Waals surface area contributed by atoms with Crippen LogP contribution in [0.1, 0.15) is 40.0 Å². The summed E-state index contributed by atoms with van der Waals surface area (Å²) in [7, 11) is 0. The van der Waals surface area contributed by atoms with Gasteiger partial charge in [-0.25, -0.2) is 0 Å². The monoisotopic (exact) mass is 241 g/mol. The molecule has 2 N–H and O–H groups in total. The summed E-state index contributed by atoms with van der Waals surface area (Å²) in [5.74, 6) is 0. The van der Waals surface area contributed by atoms with Crippen LogP contribution in [0.4, 0.5) is 0 Å². The van der Waals surface area contributed by atoms with Crippen LogP contribution >= 0.6 is 0 Å². The molecule has 0 saturated carbocycles. The van der Waals surface area contributed by atoms with Gasteiger partial charge in [-0.3, -0.25) is 0 Å². The molecule has 0 atom stereocenters. The zero-order valence-corrected chi connectivity index (χ0v) is 12.0. The van der Waals surface area contributed by atoms with Gasteiger partial charge in [0.2, 0.25) is 0 Å². The van der Waals surface area contributed by atoms with Crippen LogP contribution in [-0.4, -0.2) is 55.6 Å². The predicted molar refractivity (Wildman–Crippen MR) is 75.2 cm³/mol. The summed E-state index contributed by atoms with van der Waals surface area (Å²) in [6.45, 7) is 15.3. The van der Waals surface area contributed by atoms with E-state index < -0.39 is 0 Å². The molecule has 0 amide bonds. The van der Waals surface area contributed by atoms with Crippen molar-refractivity contribution in [2.24, 2.45) is 11.1 Å². The van der Waals surface area contributed by atoms with Gasteiger partial charge in [0.1, 0.15) is 0 Å². The molecular formula is C14H31N3. The van der Waals surface area contributed by atoms with Crippen molar-refractivity contribution in [3.05, 3.63) is 0 Å². The second-order valence-electron chi connectivity index (χ2n) is 6.49. The van der Waals surface area contributed by atoms with E-state index in [1.807, 2.05) is 0 Å². The van der Waals surface area contributed by atoms with Gasteiger partial charge in [0.05, 0.1) is 0 Å². The first-order valence-electron chi connectivity index (χ1n) is 7.16. The van der Waals surface area contributed by atoms with Crippen LogP contribution < -0.4 is 5.73 Å². The minimum Gasteiger partial charge on any atom is -0.330 e. The maximum atomic E-state index is 5.57. The molecule has 0 bridgehead atoms. The van der Waals surface area contributed by atoms with E-state index in [-0.39, 0.29) is 0 Å². The molecule has 102 valence electrons. The van der Waals surface area contributed by atoms with Crippen molar-refractivity contribution in [1.29, 1.82) is 0 Å². The molecule has 17 heavy (non-hydrogen) atoms. The topological polar surface area (TPSA) is 32.5 Å². The van der Waals surface area contributed by atoms with Crippen LogP contribution in [0.5, 0.6) is 0 Å². The Hall–Kier alpha value is -0.120. The van der Waals surface area contributed by atoms with E-state index in [2.05, 4.69) is 30.6 Å². The standard InChI is InChI=1S/C14H31N3/c1-14(2,3)6-11-17-10-5-9-16(12-13-17)8-4-7-15/h4-13,15H2,1-3H3. The third-order valence-electron chi connectivity index (χ3n) is 3.54. The fourth-order valence-electron chi connectivity index (χ4n) is 2.28. The van der Waals surface area contributed by atoms with Crippen molar-refractivity contribution in [2.75, 3.05) is 45.8 Å². The average Bonchev–Trinajstić information content (AvgIpc) is 2.48. The number of rotatable bonds is 5. The zero-order chi connectivity index (χ0) is 12.7. The molecule has 0 unspecified atom stereocenters. The van der Waals surface area contributed by atoms with Crippen molar-refractivity contribution >= 4 is 0 Å². The second kappa shape index (κ2) is 7.34. The molecule has 0 spiro atoms. The molecule has 1 fully saturated rings. The van der Waals surface area contributed by atoms with Gasteiger partial charge in [-0.2, -0.15) is 0 Å². The lowest BCUT2D eigenvalue weighted by Gasteiger charge is -2.25. The summed E-state index contributed by atoms with van der Waals surface area (Å²) in [5.41, 5.74) is 6.03. The van der Waals surface area contributed by atoms with Crippen molar-refractivity contribution in [3.63, 3.8) is 0 Å². The molecule has 0 aromatic rings. The SMILES string of the molecule is CC(C)(C)CCN1CCCN(CCCN)CC1. The van der Waals surface area contributed by atoms with Crippen LogP contribution in [0.25, 0.3) is 0 Å². The average molecular weight is 241 g/mol. The number of hydrogen-bond donors (Lipinski definition) is 1. The summed E-state index contributed by atoms with van der Waals surface area (Å²) < 4.78 is 0. The Kier molecular flexibility index (Phi) is 6.45. The first-order chi connectivity index (χ1) is 8.01. The molecule has 3 nitrogen and oxygen atoms in total. The van der Waals surface area contributed by atoms with E-state index in [0.717, 1.165) is 13.0 Å². The molecule has 1 rings (SSSR count). The summed E-state index contributed by atoms with van der Waals surface area (Å²) in [6.07, 6.45) is 3.76. The normalized spacial score (nSPS) is 20.5.